The Bertz CT molecular complexity index is 511. The first-order valence-corrected chi connectivity index (χ1v) is 5.46. The summed E-state index contributed by atoms with van der Waals surface area (Å²) in [4.78, 5) is 0. The molecular formula is C14H16N2O. The number of para-hydroxylation sites is 1. The average molecular weight is 228 g/mol. The molecule has 0 aliphatic carbocycles. The molecule has 0 aliphatic rings. The van der Waals surface area contributed by atoms with Gasteiger partial charge in [0.15, 0.2) is 0 Å². The minimum atomic E-state index is -0.227. The van der Waals surface area contributed by atoms with Crippen LogP contribution in [0.4, 0.5) is 5.69 Å². The van der Waals surface area contributed by atoms with Gasteiger partial charge in [-0.05, 0) is 23.8 Å². The first-order chi connectivity index (χ1) is 8.22. The molecule has 1 atom stereocenters. The van der Waals surface area contributed by atoms with Crippen LogP contribution in [0, 0.1) is 0 Å². The molecule has 0 aromatic heterocycles. The summed E-state index contributed by atoms with van der Waals surface area (Å²) in [7, 11) is 1.64. The second-order valence-electron chi connectivity index (χ2n) is 3.89. The van der Waals surface area contributed by atoms with Gasteiger partial charge in [0.1, 0.15) is 5.75 Å². The number of hydrogen-bond acceptors (Lipinski definition) is 3. The van der Waals surface area contributed by atoms with Crippen LogP contribution >= 0.6 is 0 Å². The molecule has 0 saturated carbocycles. The molecule has 3 heteroatoms. The van der Waals surface area contributed by atoms with E-state index in [0.29, 0.717) is 5.69 Å². The Balaban J connectivity index is 2.40. The monoisotopic (exact) mass is 228 g/mol. The molecule has 0 radical (unpaired) electrons. The van der Waals surface area contributed by atoms with Crippen molar-refractivity contribution >= 4 is 5.69 Å². The van der Waals surface area contributed by atoms with Crippen molar-refractivity contribution in [2.75, 3.05) is 12.8 Å². The van der Waals surface area contributed by atoms with Crippen molar-refractivity contribution in [1.82, 2.24) is 0 Å². The fourth-order valence-electron chi connectivity index (χ4n) is 1.86. The number of nitrogens with two attached hydrogens (primary N) is 2. The van der Waals surface area contributed by atoms with Crippen molar-refractivity contribution in [1.29, 1.82) is 0 Å². The molecule has 3 nitrogen and oxygen atoms in total. The van der Waals surface area contributed by atoms with Gasteiger partial charge in [0.05, 0.1) is 13.2 Å². The SMILES string of the molecule is COc1ccccc1C(N)c1cccc(N)c1. The van der Waals surface area contributed by atoms with Crippen LogP contribution in [0.2, 0.25) is 0 Å². The van der Waals surface area contributed by atoms with Crippen LogP contribution in [-0.2, 0) is 0 Å². The maximum atomic E-state index is 6.23. The molecule has 0 amide bonds. The quantitative estimate of drug-likeness (QED) is 0.792. The summed E-state index contributed by atoms with van der Waals surface area (Å²) < 4.78 is 5.31. The van der Waals surface area contributed by atoms with E-state index in [-0.39, 0.29) is 6.04 Å². The molecule has 0 heterocycles. The highest BCUT2D eigenvalue weighted by Gasteiger charge is 2.13. The standard InChI is InChI=1S/C14H16N2O/c1-17-13-8-3-2-7-12(13)14(16)10-5-4-6-11(15)9-10/h2-9,14H,15-16H2,1H3. The minimum absolute atomic E-state index is 0.227. The molecule has 0 bridgehead atoms. The Hall–Kier alpha value is -2.00. The van der Waals surface area contributed by atoms with E-state index in [4.69, 9.17) is 16.2 Å². The first kappa shape index (κ1) is 11.5. The molecule has 0 aliphatic heterocycles. The molecular weight excluding hydrogens is 212 g/mol. The Morgan fingerprint density at radius 1 is 1.06 bits per heavy atom. The van der Waals surface area contributed by atoms with E-state index in [1.807, 2.05) is 48.5 Å². The first-order valence-electron chi connectivity index (χ1n) is 5.46. The molecule has 2 rings (SSSR count). The molecule has 4 N–H and O–H groups in total. The van der Waals surface area contributed by atoms with Crippen LogP contribution < -0.4 is 16.2 Å². The summed E-state index contributed by atoms with van der Waals surface area (Å²) in [5.74, 6) is 0.794. The van der Waals surface area contributed by atoms with Gasteiger partial charge in [0.2, 0.25) is 0 Å². The maximum Gasteiger partial charge on any atom is 0.123 e. The Morgan fingerprint density at radius 3 is 2.53 bits per heavy atom. The van der Waals surface area contributed by atoms with Crippen LogP contribution in [-0.4, -0.2) is 7.11 Å². The summed E-state index contributed by atoms with van der Waals surface area (Å²) in [5.41, 5.74) is 14.6. The van der Waals surface area contributed by atoms with E-state index in [0.717, 1.165) is 16.9 Å². The largest absolute Gasteiger partial charge is 0.496 e. The van der Waals surface area contributed by atoms with E-state index in [1.165, 1.54) is 0 Å². The number of benzene rings is 2. The van der Waals surface area contributed by atoms with E-state index >= 15 is 0 Å². The van der Waals surface area contributed by atoms with Gasteiger partial charge in [-0.1, -0.05) is 30.3 Å². The lowest BCUT2D eigenvalue weighted by Gasteiger charge is -2.16. The highest BCUT2D eigenvalue weighted by atomic mass is 16.5. The Morgan fingerprint density at radius 2 is 1.82 bits per heavy atom. The van der Waals surface area contributed by atoms with Crippen LogP contribution in [0.3, 0.4) is 0 Å². The molecule has 2 aromatic carbocycles. The normalized spacial score (nSPS) is 12.1. The van der Waals surface area contributed by atoms with Crippen LogP contribution in [0.1, 0.15) is 17.2 Å². The van der Waals surface area contributed by atoms with Crippen molar-refractivity contribution in [3.8, 4) is 5.75 Å². The zero-order valence-electron chi connectivity index (χ0n) is 9.76. The van der Waals surface area contributed by atoms with Crippen LogP contribution in [0.25, 0.3) is 0 Å². The molecule has 0 fully saturated rings. The highest BCUT2D eigenvalue weighted by molar-refractivity contribution is 5.46. The number of methoxy groups -OCH3 is 1. The van der Waals surface area contributed by atoms with E-state index < -0.39 is 0 Å². The van der Waals surface area contributed by atoms with Crippen LogP contribution in [0.15, 0.2) is 48.5 Å². The van der Waals surface area contributed by atoms with Gasteiger partial charge in [-0.3, -0.25) is 0 Å². The second-order valence-corrected chi connectivity index (χ2v) is 3.89. The number of hydrogen-bond donors (Lipinski definition) is 2. The lowest BCUT2D eigenvalue weighted by atomic mass is 9.98. The number of ether oxygens (including phenoxy) is 1. The van der Waals surface area contributed by atoms with Gasteiger partial charge in [-0.2, -0.15) is 0 Å². The third-order valence-electron chi connectivity index (χ3n) is 2.74. The fraction of sp³-hybridized carbons (Fsp3) is 0.143. The molecule has 0 saturated heterocycles. The van der Waals surface area contributed by atoms with Crippen molar-refractivity contribution in [3.63, 3.8) is 0 Å². The second kappa shape index (κ2) is 4.89. The Labute approximate surface area is 101 Å². The summed E-state index contributed by atoms with van der Waals surface area (Å²) in [6.07, 6.45) is 0. The third-order valence-corrected chi connectivity index (χ3v) is 2.74. The highest BCUT2D eigenvalue weighted by Crippen LogP contribution is 2.28. The number of nitrogen functional groups attached to an aromatic ring is 1. The topological polar surface area (TPSA) is 61.3 Å². The smallest absolute Gasteiger partial charge is 0.123 e. The minimum Gasteiger partial charge on any atom is -0.496 e. The zero-order chi connectivity index (χ0) is 12.3. The van der Waals surface area contributed by atoms with Crippen molar-refractivity contribution in [3.05, 3.63) is 59.7 Å². The summed E-state index contributed by atoms with van der Waals surface area (Å²) in [6.45, 7) is 0. The third kappa shape index (κ3) is 2.40. The van der Waals surface area contributed by atoms with Gasteiger partial charge in [-0.25, -0.2) is 0 Å². The summed E-state index contributed by atoms with van der Waals surface area (Å²) in [6, 6.07) is 15.1. The predicted molar refractivity (Wildman–Crippen MR) is 69.9 cm³/mol. The van der Waals surface area contributed by atoms with E-state index in [9.17, 15) is 0 Å². The average Bonchev–Trinajstić information content (AvgIpc) is 2.38. The predicted octanol–water partition coefficient (Wildman–Crippen LogP) is 2.33. The van der Waals surface area contributed by atoms with Gasteiger partial charge < -0.3 is 16.2 Å². The van der Waals surface area contributed by atoms with Gasteiger partial charge in [0, 0.05) is 11.3 Å². The van der Waals surface area contributed by atoms with E-state index in [2.05, 4.69) is 0 Å². The lowest BCUT2D eigenvalue weighted by Crippen LogP contribution is -2.13. The molecule has 1 unspecified atom stereocenters. The van der Waals surface area contributed by atoms with Crippen molar-refractivity contribution in [2.24, 2.45) is 5.73 Å². The summed E-state index contributed by atoms with van der Waals surface area (Å²) in [5, 5.41) is 0. The maximum absolute atomic E-state index is 6.23. The zero-order valence-corrected chi connectivity index (χ0v) is 9.76. The Kier molecular flexibility index (Phi) is 3.30. The van der Waals surface area contributed by atoms with Crippen LogP contribution in [0.5, 0.6) is 5.75 Å². The molecule has 17 heavy (non-hydrogen) atoms. The van der Waals surface area contributed by atoms with Gasteiger partial charge in [0.25, 0.3) is 0 Å². The van der Waals surface area contributed by atoms with Gasteiger partial charge in [-0.15, -0.1) is 0 Å². The van der Waals surface area contributed by atoms with Gasteiger partial charge >= 0.3 is 0 Å². The fourth-order valence-corrected chi connectivity index (χ4v) is 1.86. The number of rotatable bonds is 3. The molecule has 0 spiro atoms. The van der Waals surface area contributed by atoms with Crippen molar-refractivity contribution in [2.45, 2.75) is 6.04 Å². The van der Waals surface area contributed by atoms with Crippen molar-refractivity contribution < 1.29 is 4.74 Å². The van der Waals surface area contributed by atoms with E-state index in [1.54, 1.807) is 7.11 Å². The summed E-state index contributed by atoms with van der Waals surface area (Å²) >= 11 is 0. The molecule has 2 aromatic rings. The lowest BCUT2D eigenvalue weighted by molar-refractivity contribution is 0.408. The number of anilines is 1. The molecule has 88 valence electrons.